The van der Waals surface area contributed by atoms with Gasteiger partial charge in [-0.1, -0.05) is 54.9 Å². The lowest BCUT2D eigenvalue weighted by atomic mass is 9.75. The van der Waals surface area contributed by atoms with Crippen LogP contribution in [0, 0.1) is 11.8 Å². The number of carbonyl (C=O) groups excluding carboxylic acids is 1. The largest absolute Gasteiger partial charge is 0.405 e. The van der Waals surface area contributed by atoms with Crippen LogP contribution in [-0.2, 0) is 4.79 Å². The molecule has 4 rings (SSSR count). The number of nitrogens with one attached hydrogen (secondary N) is 1. The fourth-order valence-electron chi connectivity index (χ4n) is 4.73. The highest BCUT2D eigenvalue weighted by atomic mass is 35.5. The Morgan fingerprint density at radius 2 is 1.93 bits per heavy atom. The maximum Gasteiger partial charge on any atom is 0.405 e. The third-order valence-electron chi connectivity index (χ3n) is 5.68. The SMILES string of the molecule is CCC1C2=C(C=CC3NC(=O)C=C(Cl)C23)N(CC(F)(F)F)C1c1ccccc1. The minimum absolute atomic E-state index is 0.130. The first kappa shape index (κ1) is 19.1. The molecule has 0 saturated carbocycles. The van der Waals surface area contributed by atoms with Crippen LogP contribution < -0.4 is 5.32 Å². The van der Waals surface area contributed by atoms with Crippen molar-refractivity contribution in [3.63, 3.8) is 0 Å². The van der Waals surface area contributed by atoms with Crippen LogP contribution in [-0.4, -0.2) is 29.6 Å². The third kappa shape index (κ3) is 3.24. The van der Waals surface area contributed by atoms with Gasteiger partial charge in [-0.2, -0.15) is 13.2 Å². The lowest BCUT2D eigenvalue weighted by molar-refractivity contribution is -0.145. The number of allylic oxidation sites excluding steroid dienone is 1. The maximum atomic E-state index is 13.5. The highest BCUT2D eigenvalue weighted by molar-refractivity contribution is 6.32. The number of rotatable bonds is 3. The Hall–Kier alpha value is -2.21. The summed E-state index contributed by atoms with van der Waals surface area (Å²) in [6.07, 6.45) is 1.13. The first-order chi connectivity index (χ1) is 13.3. The number of amides is 1. The highest BCUT2D eigenvalue weighted by Gasteiger charge is 2.49. The van der Waals surface area contributed by atoms with Crippen molar-refractivity contribution in [2.45, 2.75) is 31.6 Å². The first-order valence-electron chi connectivity index (χ1n) is 9.28. The van der Waals surface area contributed by atoms with Gasteiger partial charge in [-0.15, -0.1) is 0 Å². The van der Waals surface area contributed by atoms with Gasteiger partial charge in [0.05, 0.1) is 12.1 Å². The molecular formula is C21H20ClF3N2O. The predicted molar refractivity (Wildman–Crippen MR) is 101 cm³/mol. The summed E-state index contributed by atoms with van der Waals surface area (Å²) in [7, 11) is 0. The summed E-state index contributed by atoms with van der Waals surface area (Å²) in [5.41, 5.74) is 2.30. The van der Waals surface area contributed by atoms with Crippen LogP contribution in [0.1, 0.15) is 24.9 Å². The van der Waals surface area contributed by atoms with Crippen LogP contribution in [0.15, 0.2) is 64.9 Å². The molecule has 2 aliphatic heterocycles. The molecule has 4 unspecified atom stereocenters. The molecule has 1 aromatic rings. The van der Waals surface area contributed by atoms with Gasteiger partial charge in [-0.3, -0.25) is 4.79 Å². The summed E-state index contributed by atoms with van der Waals surface area (Å²) in [5, 5.41) is 3.24. The lowest BCUT2D eigenvalue weighted by Gasteiger charge is -2.35. The van der Waals surface area contributed by atoms with Gasteiger partial charge in [0.1, 0.15) is 6.54 Å². The number of halogens is 4. The fourth-order valence-corrected chi connectivity index (χ4v) is 5.08. The second-order valence-corrected chi connectivity index (χ2v) is 7.79. The summed E-state index contributed by atoms with van der Waals surface area (Å²) >= 11 is 6.44. The van der Waals surface area contributed by atoms with Crippen molar-refractivity contribution < 1.29 is 18.0 Å². The van der Waals surface area contributed by atoms with E-state index in [0.717, 1.165) is 11.1 Å². The molecule has 1 amide bonds. The molecule has 4 atom stereocenters. The molecule has 2 heterocycles. The van der Waals surface area contributed by atoms with Crippen molar-refractivity contribution in [2.75, 3.05) is 6.54 Å². The Balaban J connectivity index is 1.85. The third-order valence-corrected chi connectivity index (χ3v) is 6.03. The molecule has 0 radical (unpaired) electrons. The summed E-state index contributed by atoms with van der Waals surface area (Å²) in [5.74, 6) is -0.735. The lowest BCUT2D eigenvalue weighted by Crippen LogP contribution is -2.44. The number of hydrogen-bond donors (Lipinski definition) is 1. The maximum absolute atomic E-state index is 13.5. The Bertz CT molecular complexity index is 875. The predicted octanol–water partition coefficient (Wildman–Crippen LogP) is 4.69. The zero-order chi connectivity index (χ0) is 20.1. The van der Waals surface area contributed by atoms with Gasteiger partial charge < -0.3 is 10.2 Å². The molecule has 0 bridgehead atoms. The van der Waals surface area contributed by atoms with E-state index in [0.29, 0.717) is 17.2 Å². The molecule has 0 fully saturated rings. The Labute approximate surface area is 166 Å². The molecule has 1 aliphatic carbocycles. The molecule has 28 heavy (non-hydrogen) atoms. The number of nitrogens with zero attached hydrogens (tertiary/aromatic N) is 1. The van der Waals surface area contributed by atoms with Crippen LogP contribution in [0.5, 0.6) is 0 Å². The standard InChI is InChI=1S/C21H20ClF3N2O/c1-2-13-18-16(9-8-15-19(18)14(22)10-17(28)26-15)27(11-21(23,24)25)20(13)12-6-4-3-5-7-12/h3-10,13,15,19-20H,2,11H2,1H3,(H,26,28). The summed E-state index contributed by atoms with van der Waals surface area (Å²) in [6.45, 7) is 0.950. The van der Waals surface area contributed by atoms with E-state index in [1.54, 1.807) is 12.2 Å². The number of hydrogen-bond acceptors (Lipinski definition) is 2. The van der Waals surface area contributed by atoms with E-state index in [9.17, 15) is 18.0 Å². The van der Waals surface area contributed by atoms with Crippen molar-refractivity contribution in [1.82, 2.24) is 10.2 Å². The zero-order valence-electron chi connectivity index (χ0n) is 15.2. The van der Waals surface area contributed by atoms with Gasteiger partial charge in [0.25, 0.3) is 0 Å². The van der Waals surface area contributed by atoms with Gasteiger partial charge in [0.2, 0.25) is 5.91 Å². The molecule has 0 saturated heterocycles. The smallest absolute Gasteiger partial charge is 0.355 e. The van der Waals surface area contributed by atoms with E-state index in [2.05, 4.69) is 5.32 Å². The fraction of sp³-hybridized carbons (Fsp3) is 0.381. The van der Waals surface area contributed by atoms with Gasteiger partial charge in [-0.25, -0.2) is 0 Å². The van der Waals surface area contributed by atoms with Crippen molar-refractivity contribution in [3.8, 4) is 0 Å². The molecule has 0 spiro atoms. The minimum atomic E-state index is -4.33. The molecule has 1 aromatic carbocycles. The molecular weight excluding hydrogens is 389 g/mol. The van der Waals surface area contributed by atoms with Gasteiger partial charge in [0.15, 0.2) is 0 Å². The summed E-state index contributed by atoms with van der Waals surface area (Å²) in [4.78, 5) is 13.3. The highest BCUT2D eigenvalue weighted by Crippen LogP contribution is 2.53. The van der Waals surface area contributed by atoms with Gasteiger partial charge in [-0.05, 0) is 23.6 Å². The summed E-state index contributed by atoms with van der Waals surface area (Å²) < 4.78 is 40.4. The first-order valence-corrected chi connectivity index (χ1v) is 9.66. The second kappa shape index (κ2) is 6.99. The van der Waals surface area contributed by atoms with Crippen LogP contribution in [0.2, 0.25) is 0 Å². The van der Waals surface area contributed by atoms with Crippen LogP contribution in [0.25, 0.3) is 0 Å². The zero-order valence-corrected chi connectivity index (χ0v) is 16.0. The van der Waals surface area contributed by atoms with E-state index >= 15 is 0 Å². The second-order valence-electron chi connectivity index (χ2n) is 7.35. The van der Waals surface area contributed by atoms with Crippen LogP contribution in [0.3, 0.4) is 0 Å². The topological polar surface area (TPSA) is 32.3 Å². The monoisotopic (exact) mass is 408 g/mol. The van der Waals surface area contributed by atoms with E-state index in [-0.39, 0.29) is 23.8 Å². The Morgan fingerprint density at radius 1 is 1.21 bits per heavy atom. The average molecular weight is 409 g/mol. The normalized spacial score (nSPS) is 29.4. The molecule has 7 heteroatoms. The number of benzene rings is 1. The molecule has 148 valence electrons. The molecule has 3 aliphatic rings. The van der Waals surface area contributed by atoms with Crippen molar-refractivity contribution in [2.24, 2.45) is 11.8 Å². The Kier molecular flexibility index (Phi) is 4.78. The average Bonchev–Trinajstić information content (AvgIpc) is 2.93. The van der Waals surface area contributed by atoms with E-state index in [1.807, 2.05) is 37.3 Å². The van der Waals surface area contributed by atoms with Crippen molar-refractivity contribution >= 4 is 17.5 Å². The van der Waals surface area contributed by atoms with E-state index < -0.39 is 18.8 Å². The number of alkyl halides is 3. The van der Waals surface area contributed by atoms with Crippen LogP contribution >= 0.6 is 11.6 Å². The van der Waals surface area contributed by atoms with Crippen LogP contribution in [0.4, 0.5) is 13.2 Å². The summed E-state index contributed by atoms with van der Waals surface area (Å²) in [6, 6.07) is 8.53. The van der Waals surface area contributed by atoms with Gasteiger partial charge in [0, 0.05) is 28.6 Å². The van der Waals surface area contributed by atoms with Crippen molar-refractivity contribution in [1.29, 1.82) is 0 Å². The Morgan fingerprint density at radius 3 is 2.57 bits per heavy atom. The van der Waals surface area contributed by atoms with E-state index in [4.69, 9.17) is 11.6 Å². The van der Waals surface area contributed by atoms with Crippen molar-refractivity contribution in [3.05, 3.63) is 70.4 Å². The van der Waals surface area contributed by atoms with E-state index in [1.165, 1.54) is 11.0 Å². The minimum Gasteiger partial charge on any atom is -0.355 e. The molecule has 0 aromatic heterocycles. The quantitative estimate of drug-likeness (QED) is 0.786. The molecule has 3 nitrogen and oxygen atoms in total. The molecule has 1 N–H and O–H groups in total. The number of fused-ring (bicyclic) bond motifs is 2. The number of carbonyl (C=O) groups is 1. The van der Waals surface area contributed by atoms with Gasteiger partial charge >= 0.3 is 6.18 Å².